The quantitative estimate of drug-likeness (QED) is 0.553. The van der Waals surface area contributed by atoms with Crippen LogP contribution in [-0.2, 0) is 6.42 Å². The molecule has 0 bridgehead atoms. The SMILES string of the molecule is CCCN=C(N)Cc1ccccc1. The lowest BCUT2D eigenvalue weighted by Crippen LogP contribution is -2.15. The first-order chi connectivity index (χ1) is 6.33. The second-order valence-corrected chi connectivity index (χ2v) is 3.04. The van der Waals surface area contributed by atoms with E-state index in [9.17, 15) is 0 Å². The van der Waals surface area contributed by atoms with E-state index in [0.29, 0.717) is 0 Å². The number of rotatable bonds is 4. The molecule has 1 aromatic carbocycles. The van der Waals surface area contributed by atoms with Gasteiger partial charge >= 0.3 is 0 Å². The first-order valence-corrected chi connectivity index (χ1v) is 4.65. The molecule has 0 heterocycles. The minimum Gasteiger partial charge on any atom is -0.387 e. The third kappa shape index (κ3) is 3.74. The van der Waals surface area contributed by atoms with Crippen molar-refractivity contribution in [3.05, 3.63) is 35.9 Å². The summed E-state index contributed by atoms with van der Waals surface area (Å²) in [6, 6.07) is 10.2. The lowest BCUT2D eigenvalue weighted by atomic mass is 10.1. The Morgan fingerprint density at radius 1 is 1.31 bits per heavy atom. The van der Waals surface area contributed by atoms with Gasteiger partial charge in [0.25, 0.3) is 0 Å². The molecule has 1 aromatic rings. The second kappa shape index (κ2) is 5.36. The Morgan fingerprint density at radius 3 is 2.62 bits per heavy atom. The van der Waals surface area contributed by atoms with Gasteiger partial charge in [-0.25, -0.2) is 0 Å². The van der Waals surface area contributed by atoms with Crippen molar-refractivity contribution in [2.45, 2.75) is 19.8 Å². The van der Waals surface area contributed by atoms with Crippen LogP contribution in [0.15, 0.2) is 35.3 Å². The maximum atomic E-state index is 5.74. The largest absolute Gasteiger partial charge is 0.387 e. The van der Waals surface area contributed by atoms with Gasteiger partial charge in [-0.2, -0.15) is 0 Å². The van der Waals surface area contributed by atoms with Gasteiger partial charge in [0.15, 0.2) is 0 Å². The Morgan fingerprint density at radius 2 is 2.00 bits per heavy atom. The molecule has 1 rings (SSSR count). The fraction of sp³-hybridized carbons (Fsp3) is 0.364. The third-order valence-electron chi connectivity index (χ3n) is 1.77. The van der Waals surface area contributed by atoms with Crippen LogP contribution >= 0.6 is 0 Å². The van der Waals surface area contributed by atoms with E-state index >= 15 is 0 Å². The topological polar surface area (TPSA) is 38.4 Å². The van der Waals surface area contributed by atoms with E-state index in [-0.39, 0.29) is 0 Å². The molecule has 0 amide bonds. The van der Waals surface area contributed by atoms with Crippen LogP contribution < -0.4 is 5.73 Å². The predicted octanol–water partition coefficient (Wildman–Crippen LogP) is 2.00. The lowest BCUT2D eigenvalue weighted by molar-refractivity contribution is 0.924. The number of nitrogens with two attached hydrogens (primary N) is 1. The molecule has 13 heavy (non-hydrogen) atoms. The van der Waals surface area contributed by atoms with Crippen molar-refractivity contribution in [1.82, 2.24) is 0 Å². The monoisotopic (exact) mass is 176 g/mol. The third-order valence-corrected chi connectivity index (χ3v) is 1.77. The molecule has 0 saturated carbocycles. The minimum atomic E-state index is 0.730. The number of hydrogen-bond acceptors (Lipinski definition) is 1. The average molecular weight is 176 g/mol. The summed E-state index contributed by atoms with van der Waals surface area (Å²) >= 11 is 0. The molecule has 0 aliphatic heterocycles. The number of nitrogens with zero attached hydrogens (tertiary/aromatic N) is 1. The first kappa shape index (κ1) is 9.78. The molecule has 0 fully saturated rings. The van der Waals surface area contributed by atoms with Gasteiger partial charge in [-0.1, -0.05) is 37.3 Å². The molecule has 0 unspecified atom stereocenters. The minimum absolute atomic E-state index is 0.730. The number of hydrogen-bond donors (Lipinski definition) is 1. The highest BCUT2D eigenvalue weighted by Crippen LogP contribution is 1.99. The molecule has 2 nitrogen and oxygen atoms in total. The molecule has 2 N–H and O–H groups in total. The van der Waals surface area contributed by atoms with Crippen LogP contribution in [0.25, 0.3) is 0 Å². The van der Waals surface area contributed by atoms with Gasteiger partial charge in [0.2, 0.25) is 0 Å². The summed E-state index contributed by atoms with van der Waals surface area (Å²) in [6.07, 6.45) is 1.82. The average Bonchev–Trinajstić information content (AvgIpc) is 2.16. The molecule has 2 heteroatoms. The van der Waals surface area contributed by atoms with E-state index in [0.717, 1.165) is 25.2 Å². The summed E-state index contributed by atoms with van der Waals surface area (Å²) < 4.78 is 0. The van der Waals surface area contributed by atoms with Gasteiger partial charge in [0, 0.05) is 13.0 Å². The van der Waals surface area contributed by atoms with Crippen molar-refractivity contribution in [3.8, 4) is 0 Å². The van der Waals surface area contributed by atoms with Gasteiger partial charge in [-0.05, 0) is 12.0 Å². The summed E-state index contributed by atoms with van der Waals surface area (Å²) in [7, 11) is 0. The van der Waals surface area contributed by atoms with E-state index in [2.05, 4.69) is 24.0 Å². The van der Waals surface area contributed by atoms with E-state index in [4.69, 9.17) is 5.73 Å². The van der Waals surface area contributed by atoms with Gasteiger partial charge in [-0.15, -0.1) is 0 Å². The molecule has 0 radical (unpaired) electrons. The fourth-order valence-electron chi connectivity index (χ4n) is 1.12. The summed E-state index contributed by atoms with van der Waals surface area (Å²) in [6.45, 7) is 2.93. The highest BCUT2D eigenvalue weighted by molar-refractivity contribution is 5.82. The fourth-order valence-corrected chi connectivity index (χ4v) is 1.12. The molecular weight excluding hydrogens is 160 g/mol. The van der Waals surface area contributed by atoms with E-state index in [1.54, 1.807) is 0 Å². The molecule has 0 spiro atoms. The van der Waals surface area contributed by atoms with Gasteiger partial charge in [0.05, 0.1) is 5.84 Å². The van der Waals surface area contributed by atoms with Crippen molar-refractivity contribution in [2.24, 2.45) is 10.7 Å². The first-order valence-electron chi connectivity index (χ1n) is 4.65. The predicted molar refractivity (Wildman–Crippen MR) is 56.9 cm³/mol. The van der Waals surface area contributed by atoms with Gasteiger partial charge < -0.3 is 5.73 Å². The van der Waals surface area contributed by atoms with Crippen LogP contribution in [-0.4, -0.2) is 12.4 Å². The molecule has 0 aliphatic carbocycles. The zero-order valence-corrected chi connectivity index (χ0v) is 8.03. The van der Waals surface area contributed by atoms with E-state index in [1.807, 2.05) is 18.2 Å². The van der Waals surface area contributed by atoms with Crippen molar-refractivity contribution in [1.29, 1.82) is 0 Å². The molecule has 0 aromatic heterocycles. The van der Waals surface area contributed by atoms with Crippen molar-refractivity contribution in [3.63, 3.8) is 0 Å². The van der Waals surface area contributed by atoms with Crippen LogP contribution in [0, 0.1) is 0 Å². The van der Waals surface area contributed by atoms with Crippen LogP contribution in [0.5, 0.6) is 0 Å². The Balaban J connectivity index is 2.50. The zero-order valence-electron chi connectivity index (χ0n) is 8.03. The van der Waals surface area contributed by atoms with E-state index < -0.39 is 0 Å². The van der Waals surface area contributed by atoms with Crippen LogP contribution in [0.3, 0.4) is 0 Å². The van der Waals surface area contributed by atoms with Gasteiger partial charge in [-0.3, -0.25) is 4.99 Å². The normalized spacial score (nSPS) is 11.6. The second-order valence-electron chi connectivity index (χ2n) is 3.04. The maximum Gasteiger partial charge on any atom is 0.0981 e. The number of aliphatic imine (C=N–C) groups is 1. The highest BCUT2D eigenvalue weighted by Gasteiger charge is 1.94. The lowest BCUT2D eigenvalue weighted by Gasteiger charge is -2.00. The van der Waals surface area contributed by atoms with Crippen LogP contribution in [0.4, 0.5) is 0 Å². The standard InChI is InChI=1S/C11H16N2/c1-2-8-13-11(12)9-10-6-4-3-5-7-10/h3-7H,2,8-9H2,1H3,(H2,12,13). The number of amidine groups is 1. The van der Waals surface area contributed by atoms with Gasteiger partial charge in [0.1, 0.15) is 0 Å². The number of benzene rings is 1. The smallest absolute Gasteiger partial charge is 0.0981 e. The Hall–Kier alpha value is -1.31. The zero-order chi connectivity index (χ0) is 9.52. The molecule has 0 aliphatic rings. The highest BCUT2D eigenvalue weighted by atomic mass is 14.8. The summed E-state index contributed by atoms with van der Waals surface area (Å²) in [5.41, 5.74) is 6.96. The van der Waals surface area contributed by atoms with Crippen molar-refractivity contribution < 1.29 is 0 Å². The summed E-state index contributed by atoms with van der Waals surface area (Å²) in [4.78, 5) is 4.23. The molecule has 0 atom stereocenters. The Kier molecular flexibility index (Phi) is 4.03. The van der Waals surface area contributed by atoms with Crippen molar-refractivity contribution >= 4 is 5.84 Å². The molecule has 70 valence electrons. The van der Waals surface area contributed by atoms with Crippen molar-refractivity contribution in [2.75, 3.05) is 6.54 Å². The summed E-state index contributed by atoms with van der Waals surface area (Å²) in [5, 5.41) is 0. The maximum absolute atomic E-state index is 5.74. The molecular formula is C11H16N2. The Labute approximate surface area is 79.5 Å². The van der Waals surface area contributed by atoms with Crippen LogP contribution in [0.1, 0.15) is 18.9 Å². The van der Waals surface area contributed by atoms with E-state index in [1.165, 1.54) is 5.56 Å². The molecule has 0 saturated heterocycles. The Bertz CT molecular complexity index is 265. The summed E-state index contributed by atoms with van der Waals surface area (Å²) in [5.74, 6) is 0.730. The van der Waals surface area contributed by atoms with Crippen LogP contribution in [0.2, 0.25) is 0 Å².